The predicted octanol–water partition coefficient (Wildman–Crippen LogP) is 3.53. The van der Waals surface area contributed by atoms with Gasteiger partial charge in [-0.2, -0.15) is 0 Å². The molecular formula is C26H31FN4O4S. The van der Waals surface area contributed by atoms with Gasteiger partial charge in [-0.1, -0.05) is 13.8 Å². The Morgan fingerprint density at radius 2 is 1.78 bits per heavy atom. The molecule has 1 fully saturated rings. The van der Waals surface area contributed by atoms with Crippen molar-refractivity contribution < 1.29 is 23.5 Å². The van der Waals surface area contributed by atoms with Crippen LogP contribution in [0.2, 0.25) is 0 Å². The average Bonchev–Trinajstić information content (AvgIpc) is 3.35. The number of amides is 2. The molecule has 0 bridgehead atoms. The van der Waals surface area contributed by atoms with Gasteiger partial charge >= 0.3 is 0 Å². The van der Waals surface area contributed by atoms with E-state index in [2.05, 4.69) is 16.0 Å². The smallest absolute Gasteiger partial charge is 0.252 e. The van der Waals surface area contributed by atoms with Crippen LogP contribution in [0, 0.1) is 17.7 Å². The summed E-state index contributed by atoms with van der Waals surface area (Å²) in [5.74, 6) is 0.499. The van der Waals surface area contributed by atoms with Crippen molar-refractivity contribution in [3.05, 3.63) is 53.8 Å². The van der Waals surface area contributed by atoms with Gasteiger partial charge in [0.05, 0.1) is 0 Å². The Morgan fingerprint density at radius 3 is 2.47 bits per heavy atom. The molecule has 10 heteroatoms. The Bertz CT molecular complexity index is 1100. The van der Waals surface area contributed by atoms with Crippen LogP contribution >= 0.6 is 12.2 Å². The van der Waals surface area contributed by atoms with Crippen LogP contribution in [0.25, 0.3) is 0 Å². The zero-order chi connectivity index (χ0) is 25.7. The fourth-order valence-corrected chi connectivity index (χ4v) is 4.55. The van der Waals surface area contributed by atoms with Crippen molar-refractivity contribution in [2.75, 3.05) is 31.7 Å². The molecule has 36 heavy (non-hydrogen) atoms. The lowest BCUT2D eigenvalue weighted by molar-refractivity contribution is -0.124. The second-order valence-electron chi connectivity index (χ2n) is 9.42. The summed E-state index contributed by atoms with van der Waals surface area (Å²) >= 11 is 5.54. The number of likely N-dealkylation sites (tertiary alicyclic amines) is 1. The normalized spacial score (nSPS) is 15.9. The Labute approximate surface area is 215 Å². The first kappa shape index (κ1) is 25.7. The van der Waals surface area contributed by atoms with Gasteiger partial charge < -0.3 is 30.3 Å². The van der Waals surface area contributed by atoms with Crippen molar-refractivity contribution in [1.82, 2.24) is 15.5 Å². The maximum Gasteiger partial charge on any atom is 0.252 e. The van der Waals surface area contributed by atoms with E-state index >= 15 is 0 Å². The van der Waals surface area contributed by atoms with Gasteiger partial charge in [0.1, 0.15) is 11.9 Å². The first-order chi connectivity index (χ1) is 17.3. The van der Waals surface area contributed by atoms with Gasteiger partial charge in [0, 0.05) is 30.9 Å². The molecule has 2 aromatic rings. The highest BCUT2D eigenvalue weighted by Gasteiger charge is 2.33. The van der Waals surface area contributed by atoms with Crippen molar-refractivity contribution in [3.8, 4) is 11.5 Å². The molecule has 8 nitrogen and oxygen atoms in total. The summed E-state index contributed by atoms with van der Waals surface area (Å²) < 4.78 is 23.9. The molecule has 1 atom stereocenters. The zero-order valence-electron chi connectivity index (χ0n) is 20.4. The van der Waals surface area contributed by atoms with E-state index < -0.39 is 6.04 Å². The number of carbonyl (C=O) groups is 2. The second kappa shape index (κ2) is 11.6. The highest BCUT2D eigenvalue weighted by atomic mass is 32.1. The highest BCUT2D eigenvalue weighted by Crippen LogP contribution is 2.32. The van der Waals surface area contributed by atoms with E-state index in [1.165, 1.54) is 12.1 Å². The van der Waals surface area contributed by atoms with Crippen molar-refractivity contribution in [3.63, 3.8) is 0 Å². The van der Waals surface area contributed by atoms with Crippen molar-refractivity contribution in [1.29, 1.82) is 0 Å². The molecule has 0 saturated carbocycles. The number of ether oxygens (including phenoxy) is 2. The van der Waals surface area contributed by atoms with Gasteiger partial charge in [0.2, 0.25) is 12.7 Å². The molecule has 2 heterocycles. The standard InChI is InChI=1S/C26H31FN4O4S/c1-16(2)14-28-25(33)23(30-24(32)18-3-8-21-22(13-18)35-15-34-21)17-9-11-31(12-10-17)26(36)29-20-6-4-19(27)5-7-20/h3-8,13,16-17,23H,9-12,14-15H2,1-2H3,(H,28,33)(H,29,36)(H,30,32)/t23-/m0/s1. The SMILES string of the molecule is CC(C)CNC(=O)[C@@H](NC(=O)c1ccc2c(c1)OCO2)C1CCN(C(=S)Nc2ccc(F)cc2)CC1. The maximum atomic E-state index is 13.2. The number of fused-ring (bicyclic) bond motifs is 1. The minimum atomic E-state index is -0.678. The van der Waals surface area contributed by atoms with Crippen LogP contribution in [-0.2, 0) is 4.79 Å². The topological polar surface area (TPSA) is 91.9 Å². The largest absolute Gasteiger partial charge is 0.454 e. The van der Waals surface area contributed by atoms with Gasteiger partial charge in [0.25, 0.3) is 5.91 Å². The van der Waals surface area contributed by atoms with Crippen LogP contribution in [0.3, 0.4) is 0 Å². The molecular weight excluding hydrogens is 483 g/mol. The molecule has 2 aliphatic rings. The van der Waals surface area contributed by atoms with Crippen LogP contribution in [0.5, 0.6) is 11.5 Å². The Morgan fingerprint density at radius 1 is 1.08 bits per heavy atom. The molecule has 2 aliphatic heterocycles. The predicted molar refractivity (Wildman–Crippen MR) is 139 cm³/mol. The summed E-state index contributed by atoms with van der Waals surface area (Å²) in [5, 5.41) is 9.60. The number of nitrogens with one attached hydrogen (secondary N) is 3. The number of halogens is 1. The quantitative estimate of drug-likeness (QED) is 0.487. The summed E-state index contributed by atoms with van der Waals surface area (Å²) in [6.07, 6.45) is 1.35. The van der Waals surface area contributed by atoms with Crippen LogP contribution in [0.15, 0.2) is 42.5 Å². The molecule has 2 amide bonds. The Balaban J connectivity index is 1.40. The van der Waals surface area contributed by atoms with E-state index in [9.17, 15) is 14.0 Å². The van der Waals surface area contributed by atoms with E-state index in [-0.39, 0.29) is 36.3 Å². The summed E-state index contributed by atoms with van der Waals surface area (Å²) in [5.41, 5.74) is 1.12. The van der Waals surface area contributed by atoms with Crippen LogP contribution in [0.1, 0.15) is 37.0 Å². The number of nitrogens with zero attached hydrogens (tertiary/aromatic N) is 1. The third-order valence-corrected chi connectivity index (χ3v) is 6.64. The summed E-state index contributed by atoms with van der Waals surface area (Å²) in [4.78, 5) is 28.2. The Hall–Kier alpha value is -3.40. The molecule has 1 saturated heterocycles. The van der Waals surface area contributed by atoms with Gasteiger partial charge in [-0.05, 0) is 79.4 Å². The van der Waals surface area contributed by atoms with E-state index in [1.807, 2.05) is 18.7 Å². The number of anilines is 1. The Kier molecular flexibility index (Phi) is 8.25. The number of thiocarbonyl (C=S) groups is 1. The number of benzene rings is 2. The third-order valence-electron chi connectivity index (χ3n) is 6.28. The molecule has 3 N–H and O–H groups in total. The number of piperidine rings is 1. The van der Waals surface area contributed by atoms with Gasteiger partial charge in [0.15, 0.2) is 16.6 Å². The summed E-state index contributed by atoms with van der Waals surface area (Å²) in [6, 6.07) is 10.3. The lowest BCUT2D eigenvalue weighted by Gasteiger charge is -2.37. The molecule has 0 spiro atoms. The fraction of sp³-hybridized carbons (Fsp3) is 0.423. The fourth-order valence-electron chi connectivity index (χ4n) is 4.25. The average molecular weight is 515 g/mol. The van der Waals surface area contributed by atoms with Crippen molar-refractivity contribution in [2.24, 2.45) is 11.8 Å². The minimum Gasteiger partial charge on any atom is -0.454 e. The molecule has 0 unspecified atom stereocenters. The number of hydrogen-bond donors (Lipinski definition) is 3. The molecule has 2 aromatic carbocycles. The van der Waals surface area contributed by atoms with Crippen molar-refractivity contribution in [2.45, 2.75) is 32.7 Å². The van der Waals surface area contributed by atoms with Crippen LogP contribution in [-0.4, -0.2) is 54.3 Å². The van der Waals surface area contributed by atoms with Gasteiger partial charge in [-0.3, -0.25) is 9.59 Å². The van der Waals surface area contributed by atoms with E-state index in [4.69, 9.17) is 21.7 Å². The number of hydrogen-bond acceptors (Lipinski definition) is 5. The van der Waals surface area contributed by atoms with E-state index in [0.29, 0.717) is 60.3 Å². The zero-order valence-corrected chi connectivity index (χ0v) is 21.2. The van der Waals surface area contributed by atoms with Gasteiger partial charge in [-0.15, -0.1) is 0 Å². The maximum absolute atomic E-state index is 13.2. The highest BCUT2D eigenvalue weighted by molar-refractivity contribution is 7.80. The monoisotopic (exact) mass is 514 g/mol. The number of rotatable bonds is 7. The minimum absolute atomic E-state index is 0.0556. The molecule has 192 valence electrons. The molecule has 0 aromatic heterocycles. The third kappa shape index (κ3) is 6.42. The van der Waals surface area contributed by atoms with E-state index in [0.717, 1.165) is 0 Å². The van der Waals surface area contributed by atoms with Crippen molar-refractivity contribution >= 4 is 34.8 Å². The van der Waals surface area contributed by atoms with E-state index in [1.54, 1.807) is 30.3 Å². The molecule has 4 rings (SSSR count). The molecule has 0 radical (unpaired) electrons. The number of carbonyl (C=O) groups excluding carboxylic acids is 2. The van der Waals surface area contributed by atoms with Crippen LogP contribution in [0.4, 0.5) is 10.1 Å². The van der Waals surface area contributed by atoms with Crippen LogP contribution < -0.4 is 25.4 Å². The summed E-state index contributed by atoms with van der Waals surface area (Å²) in [7, 11) is 0. The molecule has 0 aliphatic carbocycles. The second-order valence-corrected chi connectivity index (χ2v) is 9.81. The first-order valence-corrected chi connectivity index (χ1v) is 12.5. The first-order valence-electron chi connectivity index (χ1n) is 12.1. The lowest BCUT2D eigenvalue weighted by atomic mass is 9.88. The van der Waals surface area contributed by atoms with Gasteiger partial charge in [-0.25, -0.2) is 4.39 Å². The lowest BCUT2D eigenvalue weighted by Crippen LogP contribution is -2.54. The summed E-state index contributed by atoms with van der Waals surface area (Å²) in [6.45, 7) is 5.95.